The summed E-state index contributed by atoms with van der Waals surface area (Å²) in [6.07, 6.45) is 26.6. The van der Waals surface area contributed by atoms with Crippen molar-refractivity contribution >= 4 is 11.9 Å². The highest BCUT2D eigenvalue weighted by atomic mass is 16.6. The van der Waals surface area contributed by atoms with Crippen LogP contribution in [-0.4, -0.2) is 36.4 Å². The molecule has 2 rings (SSSR count). The summed E-state index contributed by atoms with van der Waals surface area (Å²) in [6.45, 7) is 10.6. The SMILES string of the molecule is CCCCCc1cc(C)c(CCCCCCCCC(=O)OC[C@H](CO)OC(=O)CCCCCCCCCCc2oc(CCCCC)c(C)c2C)o1. The van der Waals surface area contributed by atoms with Crippen LogP contribution in [0.25, 0.3) is 0 Å². The molecule has 0 saturated carbocycles. The fourth-order valence-electron chi connectivity index (χ4n) is 6.75. The number of unbranched alkanes of at least 4 members (excludes halogenated alkanes) is 16. The highest BCUT2D eigenvalue weighted by Gasteiger charge is 2.16. The summed E-state index contributed by atoms with van der Waals surface area (Å²) >= 11 is 0. The molecule has 2 aromatic heterocycles. The molecule has 0 amide bonds. The lowest BCUT2D eigenvalue weighted by Crippen LogP contribution is -2.28. The summed E-state index contributed by atoms with van der Waals surface area (Å²) < 4.78 is 22.9. The average Bonchev–Trinajstić information content (AvgIpc) is 3.61. The predicted molar refractivity (Wildman–Crippen MR) is 207 cm³/mol. The first-order valence-corrected chi connectivity index (χ1v) is 20.9. The minimum Gasteiger partial charge on any atom is -0.466 e. The summed E-state index contributed by atoms with van der Waals surface area (Å²) in [6, 6.07) is 2.21. The first-order chi connectivity index (χ1) is 24.8. The second kappa shape index (κ2) is 28.0. The minimum absolute atomic E-state index is 0.0905. The molecule has 1 N–H and O–H groups in total. The lowest BCUT2D eigenvalue weighted by Gasteiger charge is -2.15. The maximum atomic E-state index is 12.3. The van der Waals surface area contributed by atoms with Crippen molar-refractivity contribution in [1.82, 2.24) is 0 Å². The van der Waals surface area contributed by atoms with Crippen LogP contribution in [0.1, 0.15) is 195 Å². The quantitative estimate of drug-likeness (QED) is 0.0595. The van der Waals surface area contributed by atoms with Gasteiger partial charge < -0.3 is 23.4 Å². The number of carbonyl (C=O) groups excluding carboxylic acids is 2. The number of carbonyl (C=O) groups is 2. The molecule has 7 nitrogen and oxygen atoms in total. The molecule has 0 fully saturated rings. The molecule has 0 saturated heterocycles. The molecular formula is C44H74O7. The zero-order chi connectivity index (χ0) is 37.1. The Balaban J connectivity index is 1.41. The van der Waals surface area contributed by atoms with Crippen LogP contribution >= 0.6 is 0 Å². The fourth-order valence-corrected chi connectivity index (χ4v) is 6.75. The van der Waals surface area contributed by atoms with Crippen LogP contribution in [0, 0.1) is 20.8 Å². The fraction of sp³-hybridized carbons (Fsp3) is 0.773. The third-order valence-corrected chi connectivity index (χ3v) is 10.3. The first-order valence-electron chi connectivity index (χ1n) is 20.9. The molecule has 0 unspecified atom stereocenters. The Bertz CT molecular complexity index is 1190. The molecule has 0 spiro atoms. The van der Waals surface area contributed by atoms with Crippen LogP contribution < -0.4 is 0 Å². The molecule has 0 aromatic carbocycles. The van der Waals surface area contributed by atoms with E-state index < -0.39 is 6.10 Å². The van der Waals surface area contributed by atoms with Gasteiger partial charge in [0.1, 0.15) is 29.6 Å². The Morgan fingerprint density at radius 2 is 1.04 bits per heavy atom. The van der Waals surface area contributed by atoms with Gasteiger partial charge in [-0.05, 0) is 82.1 Å². The van der Waals surface area contributed by atoms with E-state index in [1.165, 1.54) is 98.8 Å². The standard InChI is InChI=1S/C44H74O7/c1-6-8-20-26-38-32-35(3)40(49-38)27-22-16-14-15-18-24-30-43(46)48-34-39(33-45)50-44(47)31-25-19-13-11-10-12-17-23-29-42-37(5)36(4)41(51-42)28-21-9-7-2/h32,39,45H,6-31,33-34H2,1-5H3/t39-/m0/s1. The van der Waals surface area contributed by atoms with Crippen molar-refractivity contribution in [1.29, 1.82) is 0 Å². The van der Waals surface area contributed by atoms with Crippen molar-refractivity contribution in [3.8, 4) is 0 Å². The van der Waals surface area contributed by atoms with E-state index in [1.54, 1.807) is 0 Å². The van der Waals surface area contributed by atoms with Crippen LogP contribution in [0.3, 0.4) is 0 Å². The topological polar surface area (TPSA) is 99.1 Å². The minimum atomic E-state index is -0.798. The van der Waals surface area contributed by atoms with E-state index in [-0.39, 0.29) is 25.2 Å². The van der Waals surface area contributed by atoms with Crippen LogP contribution in [0.2, 0.25) is 0 Å². The number of aliphatic hydroxyl groups excluding tert-OH is 1. The Morgan fingerprint density at radius 1 is 0.588 bits per heavy atom. The van der Waals surface area contributed by atoms with Gasteiger partial charge in [0.05, 0.1) is 6.61 Å². The van der Waals surface area contributed by atoms with Crippen molar-refractivity contribution in [3.63, 3.8) is 0 Å². The Labute approximate surface area is 311 Å². The van der Waals surface area contributed by atoms with Crippen LogP contribution in [0.15, 0.2) is 14.9 Å². The number of hydrogen-bond donors (Lipinski definition) is 1. The second-order valence-corrected chi connectivity index (χ2v) is 14.9. The normalized spacial score (nSPS) is 12.0. The number of esters is 2. The highest BCUT2D eigenvalue weighted by molar-refractivity contribution is 5.70. The summed E-state index contributed by atoms with van der Waals surface area (Å²) in [7, 11) is 0. The van der Waals surface area contributed by atoms with Gasteiger partial charge in [0.15, 0.2) is 6.10 Å². The van der Waals surface area contributed by atoms with Gasteiger partial charge in [-0.3, -0.25) is 9.59 Å². The summed E-state index contributed by atoms with van der Waals surface area (Å²) in [5.74, 6) is 4.01. The summed E-state index contributed by atoms with van der Waals surface area (Å²) in [4.78, 5) is 24.5. The van der Waals surface area contributed by atoms with E-state index in [1.807, 2.05) is 0 Å². The molecule has 0 aliphatic rings. The first kappa shape index (κ1) is 44.6. The third kappa shape index (κ3) is 19.8. The van der Waals surface area contributed by atoms with Crippen LogP contribution in [0.5, 0.6) is 0 Å². The molecule has 0 aliphatic carbocycles. The number of rotatable bonds is 32. The van der Waals surface area contributed by atoms with E-state index in [2.05, 4.69) is 40.7 Å². The van der Waals surface area contributed by atoms with Crippen molar-refractivity contribution in [3.05, 3.63) is 45.8 Å². The number of hydrogen-bond acceptors (Lipinski definition) is 7. The molecule has 0 bridgehead atoms. The molecule has 1 atom stereocenters. The van der Waals surface area contributed by atoms with Gasteiger partial charge >= 0.3 is 11.9 Å². The maximum absolute atomic E-state index is 12.3. The van der Waals surface area contributed by atoms with Gasteiger partial charge in [-0.2, -0.15) is 0 Å². The molecule has 292 valence electrons. The van der Waals surface area contributed by atoms with Crippen LogP contribution in [-0.2, 0) is 44.7 Å². The van der Waals surface area contributed by atoms with Gasteiger partial charge in [-0.25, -0.2) is 0 Å². The van der Waals surface area contributed by atoms with Gasteiger partial charge in [0.25, 0.3) is 0 Å². The van der Waals surface area contributed by atoms with Gasteiger partial charge in [-0.1, -0.05) is 104 Å². The predicted octanol–water partition coefficient (Wildman–Crippen LogP) is 11.7. The van der Waals surface area contributed by atoms with E-state index >= 15 is 0 Å². The third-order valence-electron chi connectivity index (χ3n) is 10.3. The Kier molecular flexibility index (Phi) is 24.5. The van der Waals surface area contributed by atoms with Gasteiger partial charge in [0.2, 0.25) is 0 Å². The molecule has 2 aromatic rings. The second-order valence-electron chi connectivity index (χ2n) is 14.9. The zero-order valence-corrected chi connectivity index (χ0v) is 33.4. The Hall–Kier alpha value is -2.54. The van der Waals surface area contributed by atoms with E-state index in [0.29, 0.717) is 12.8 Å². The van der Waals surface area contributed by atoms with Gasteiger partial charge in [-0.15, -0.1) is 0 Å². The van der Waals surface area contributed by atoms with Crippen LogP contribution in [0.4, 0.5) is 0 Å². The largest absolute Gasteiger partial charge is 0.466 e. The molecular weight excluding hydrogens is 640 g/mol. The lowest BCUT2D eigenvalue weighted by molar-refractivity contribution is -0.161. The van der Waals surface area contributed by atoms with Crippen molar-refractivity contribution in [2.24, 2.45) is 0 Å². The molecule has 51 heavy (non-hydrogen) atoms. The number of furan rings is 2. The Morgan fingerprint density at radius 3 is 1.57 bits per heavy atom. The highest BCUT2D eigenvalue weighted by Crippen LogP contribution is 2.25. The van der Waals surface area contributed by atoms with E-state index in [4.69, 9.17) is 18.3 Å². The number of ether oxygens (including phenoxy) is 2. The van der Waals surface area contributed by atoms with Crippen molar-refractivity contribution in [2.75, 3.05) is 13.2 Å². The zero-order valence-electron chi connectivity index (χ0n) is 33.4. The van der Waals surface area contributed by atoms with Gasteiger partial charge in [0, 0.05) is 38.5 Å². The monoisotopic (exact) mass is 715 g/mol. The molecule has 0 radical (unpaired) electrons. The molecule has 2 heterocycles. The molecule has 0 aliphatic heterocycles. The number of aliphatic hydroxyl groups is 1. The van der Waals surface area contributed by atoms with Crippen molar-refractivity contribution < 1.29 is 33.0 Å². The summed E-state index contributed by atoms with van der Waals surface area (Å²) in [5.41, 5.74) is 3.97. The van der Waals surface area contributed by atoms with E-state index in [9.17, 15) is 14.7 Å². The smallest absolute Gasteiger partial charge is 0.306 e. The molecule has 7 heteroatoms. The maximum Gasteiger partial charge on any atom is 0.306 e. The van der Waals surface area contributed by atoms with E-state index in [0.717, 1.165) is 95.0 Å². The average molecular weight is 715 g/mol. The number of aryl methyl sites for hydroxylation is 5. The summed E-state index contributed by atoms with van der Waals surface area (Å²) in [5, 5.41) is 9.62. The lowest BCUT2D eigenvalue weighted by atomic mass is 10.0. The van der Waals surface area contributed by atoms with Crippen molar-refractivity contribution in [2.45, 2.75) is 208 Å².